The second kappa shape index (κ2) is 8.14. The maximum atomic E-state index is 12.4. The van der Waals surface area contributed by atoms with Gasteiger partial charge in [0.25, 0.3) is 5.91 Å². The fraction of sp³-hybridized carbons (Fsp3) is 0.643. The first kappa shape index (κ1) is 19.2. The predicted molar refractivity (Wildman–Crippen MR) is 91.9 cm³/mol. The number of hydroxylamine groups is 2. The smallest absolute Gasteiger partial charge is 0.297 e. The number of aromatic nitrogens is 1. The Morgan fingerprint density at radius 1 is 1.36 bits per heavy atom. The van der Waals surface area contributed by atoms with Crippen molar-refractivity contribution in [1.82, 2.24) is 9.63 Å². The Hall–Kier alpha value is -0.833. The molecule has 0 N–H and O–H groups in total. The summed E-state index contributed by atoms with van der Waals surface area (Å²) in [5, 5.41) is 1.16. The Balaban J connectivity index is 2.88. The van der Waals surface area contributed by atoms with Crippen molar-refractivity contribution in [3.05, 3.63) is 16.4 Å². The molecule has 0 aromatic carbocycles. The van der Waals surface area contributed by atoms with Gasteiger partial charge in [0.1, 0.15) is 6.73 Å². The molecule has 6 nitrogen and oxygen atoms in total. The summed E-state index contributed by atoms with van der Waals surface area (Å²) in [5.74, 6) is 0.182. The van der Waals surface area contributed by atoms with E-state index in [1.807, 2.05) is 0 Å². The van der Waals surface area contributed by atoms with Gasteiger partial charge in [0.05, 0.1) is 18.7 Å². The Morgan fingerprint density at radius 2 is 2.00 bits per heavy atom. The van der Waals surface area contributed by atoms with E-state index in [0.29, 0.717) is 29.3 Å². The highest BCUT2D eigenvalue weighted by Gasteiger charge is 2.25. The lowest BCUT2D eigenvalue weighted by Gasteiger charge is -2.18. The zero-order chi connectivity index (χ0) is 16.9. The van der Waals surface area contributed by atoms with Crippen molar-refractivity contribution in [2.75, 3.05) is 27.9 Å². The molecule has 1 amide bonds. The Labute approximate surface area is 141 Å². The van der Waals surface area contributed by atoms with Crippen molar-refractivity contribution in [1.29, 1.82) is 0 Å². The zero-order valence-corrected chi connectivity index (χ0v) is 16.7. The predicted octanol–water partition coefficient (Wildman–Crippen LogP) is 3.20. The third kappa shape index (κ3) is 5.11. The maximum Gasteiger partial charge on any atom is 0.297 e. The van der Waals surface area contributed by atoms with Gasteiger partial charge < -0.3 is 14.0 Å². The molecule has 0 aliphatic rings. The van der Waals surface area contributed by atoms with Crippen LogP contribution in [0, 0.1) is 0 Å². The van der Waals surface area contributed by atoms with E-state index in [4.69, 9.17) is 14.3 Å². The fourth-order valence-corrected chi connectivity index (χ4v) is 3.15. The van der Waals surface area contributed by atoms with Gasteiger partial charge in [0.15, 0.2) is 11.4 Å². The van der Waals surface area contributed by atoms with Crippen LogP contribution in [0.3, 0.4) is 0 Å². The minimum Gasteiger partial charge on any atom is -0.493 e. The van der Waals surface area contributed by atoms with E-state index in [1.54, 1.807) is 17.8 Å². The average Bonchev–Trinajstić information content (AvgIpc) is 2.76. The van der Waals surface area contributed by atoms with E-state index in [2.05, 4.69) is 35.6 Å². The lowest BCUT2D eigenvalue weighted by molar-refractivity contribution is -0.0768. The van der Waals surface area contributed by atoms with Crippen LogP contribution in [0.1, 0.15) is 10.5 Å². The number of rotatable bonds is 8. The summed E-state index contributed by atoms with van der Waals surface area (Å²) in [6.07, 6.45) is 1.78. The number of hydrogen-bond acceptors (Lipinski definition) is 4. The van der Waals surface area contributed by atoms with Crippen molar-refractivity contribution in [3.8, 4) is 5.75 Å². The molecule has 0 radical (unpaired) electrons. The van der Waals surface area contributed by atoms with Crippen molar-refractivity contribution in [3.63, 3.8) is 0 Å². The average molecular weight is 393 g/mol. The van der Waals surface area contributed by atoms with Crippen LogP contribution >= 0.6 is 15.9 Å². The molecule has 1 aromatic rings. The summed E-state index contributed by atoms with van der Waals surface area (Å²) in [6, 6.07) is 1.08. The molecule has 1 aromatic heterocycles. The minimum atomic E-state index is -1.13. The third-order valence-electron chi connectivity index (χ3n) is 3.18. The second-order valence-corrected chi connectivity index (χ2v) is 12.6. The fourth-order valence-electron chi connectivity index (χ4n) is 1.79. The summed E-state index contributed by atoms with van der Waals surface area (Å²) >= 11 is 3.40. The summed E-state index contributed by atoms with van der Waals surface area (Å²) in [7, 11) is 3.39. The van der Waals surface area contributed by atoms with Crippen molar-refractivity contribution >= 4 is 29.9 Å². The zero-order valence-electron chi connectivity index (χ0n) is 14.1. The molecule has 126 valence electrons. The lowest BCUT2D eigenvalue weighted by atomic mass is 10.3. The van der Waals surface area contributed by atoms with E-state index in [9.17, 15) is 4.79 Å². The topological polar surface area (TPSA) is 52.9 Å². The molecule has 1 rings (SSSR count). The van der Waals surface area contributed by atoms with Gasteiger partial charge in [-0.1, -0.05) is 19.6 Å². The SMILES string of the molecule is COc1c(Br)cn(COCC[Si](C)(C)C)c1C(=O)N(C)OC. The molecule has 0 saturated heterocycles. The van der Waals surface area contributed by atoms with Gasteiger partial charge in [0.2, 0.25) is 0 Å². The third-order valence-corrected chi connectivity index (χ3v) is 5.45. The first-order valence-corrected chi connectivity index (χ1v) is 11.5. The molecule has 0 bridgehead atoms. The monoisotopic (exact) mass is 392 g/mol. The van der Waals surface area contributed by atoms with Crippen molar-refractivity contribution < 1.29 is 19.1 Å². The summed E-state index contributed by atoms with van der Waals surface area (Å²) in [5.41, 5.74) is 0.395. The number of ether oxygens (including phenoxy) is 2. The molecule has 8 heteroatoms. The number of halogens is 1. The molecule has 0 saturated carbocycles. The lowest BCUT2D eigenvalue weighted by Crippen LogP contribution is -2.28. The summed E-state index contributed by atoms with van der Waals surface area (Å²) < 4.78 is 13.5. The first-order chi connectivity index (χ1) is 10.2. The molecule has 22 heavy (non-hydrogen) atoms. The molecule has 0 aliphatic carbocycles. The highest BCUT2D eigenvalue weighted by Crippen LogP contribution is 2.32. The number of carbonyl (C=O) groups excluding carboxylic acids is 1. The minimum absolute atomic E-state index is 0.293. The molecule has 0 atom stereocenters. The van der Waals surface area contributed by atoms with Gasteiger partial charge in [-0.3, -0.25) is 9.63 Å². The molecule has 0 spiro atoms. The van der Waals surface area contributed by atoms with Crippen molar-refractivity contribution in [2.24, 2.45) is 0 Å². The first-order valence-electron chi connectivity index (χ1n) is 7.03. The van der Waals surface area contributed by atoms with E-state index in [1.165, 1.54) is 14.2 Å². The quantitative estimate of drug-likeness (QED) is 0.387. The van der Waals surface area contributed by atoms with E-state index < -0.39 is 8.07 Å². The number of carbonyl (C=O) groups is 1. The van der Waals surface area contributed by atoms with E-state index in [-0.39, 0.29) is 5.91 Å². The van der Waals surface area contributed by atoms with Crippen LogP contribution in [0.15, 0.2) is 10.7 Å². The van der Waals surface area contributed by atoms with Crippen LogP contribution in [0.25, 0.3) is 0 Å². The molecule has 1 heterocycles. The molecular weight excluding hydrogens is 368 g/mol. The van der Waals surface area contributed by atoms with Gasteiger partial charge in [-0.2, -0.15) is 0 Å². The highest BCUT2D eigenvalue weighted by molar-refractivity contribution is 9.10. The molecule has 0 fully saturated rings. The van der Waals surface area contributed by atoms with Gasteiger partial charge >= 0.3 is 0 Å². The van der Waals surface area contributed by atoms with Gasteiger partial charge in [-0.25, -0.2) is 5.06 Å². The number of methoxy groups -OCH3 is 1. The number of amides is 1. The number of nitrogens with zero attached hydrogens (tertiary/aromatic N) is 2. The highest BCUT2D eigenvalue weighted by atomic mass is 79.9. The maximum absolute atomic E-state index is 12.4. The Bertz CT molecular complexity index is 514. The molecule has 0 aliphatic heterocycles. The van der Waals surface area contributed by atoms with Crippen LogP contribution in [-0.2, 0) is 16.3 Å². The second-order valence-electron chi connectivity index (χ2n) is 6.16. The van der Waals surface area contributed by atoms with E-state index >= 15 is 0 Å². The van der Waals surface area contributed by atoms with Gasteiger partial charge in [-0.15, -0.1) is 0 Å². The van der Waals surface area contributed by atoms with Gasteiger partial charge in [0, 0.05) is 27.9 Å². The molecular formula is C14H25BrN2O4Si. The molecule has 0 unspecified atom stereocenters. The largest absolute Gasteiger partial charge is 0.493 e. The van der Waals surface area contributed by atoms with Gasteiger partial charge in [-0.05, 0) is 22.0 Å². The van der Waals surface area contributed by atoms with E-state index in [0.717, 1.165) is 11.1 Å². The van der Waals surface area contributed by atoms with Crippen LogP contribution < -0.4 is 4.74 Å². The van der Waals surface area contributed by atoms with Crippen LogP contribution in [0.5, 0.6) is 5.75 Å². The Kier molecular flexibility index (Phi) is 7.11. The Morgan fingerprint density at radius 3 is 2.50 bits per heavy atom. The van der Waals surface area contributed by atoms with Crippen LogP contribution in [-0.4, -0.2) is 51.5 Å². The summed E-state index contributed by atoms with van der Waals surface area (Å²) in [4.78, 5) is 17.4. The number of hydrogen-bond donors (Lipinski definition) is 0. The standard InChI is InChI=1S/C14H25BrN2O4Si/c1-16(20-3)14(18)12-13(19-2)11(15)9-17(12)10-21-7-8-22(4,5)6/h9H,7-8,10H2,1-6H3. The summed E-state index contributed by atoms with van der Waals surface area (Å²) in [6.45, 7) is 7.88. The van der Waals surface area contributed by atoms with Crippen molar-refractivity contribution in [2.45, 2.75) is 32.4 Å². The van der Waals surface area contributed by atoms with Crippen LogP contribution in [0.2, 0.25) is 25.7 Å². The van der Waals surface area contributed by atoms with Crippen LogP contribution in [0.4, 0.5) is 0 Å². The normalized spacial score (nSPS) is 11.6.